The van der Waals surface area contributed by atoms with Crippen LogP contribution >= 0.6 is 27.3 Å². The lowest BCUT2D eigenvalue weighted by Gasteiger charge is -2.10. The zero-order valence-electron chi connectivity index (χ0n) is 20.9. The van der Waals surface area contributed by atoms with Gasteiger partial charge in [-0.15, -0.1) is 11.3 Å². The number of para-hydroxylation sites is 1. The molecule has 0 atom stereocenters. The fourth-order valence-corrected chi connectivity index (χ4v) is 7.65. The summed E-state index contributed by atoms with van der Waals surface area (Å²) >= 11 is 5.64. The van der Waals surface area contributed by atoms with Crippen molar-refractivity contribution in [2.45, 2.75) is 0 Å². The van der Waals surface area contributed by atoms with Crippen LogP contribution in [0.3, 0.4) is 0 Å². The normalized spacial score (nSPS) is 11.7. The lowest BCUT2D eigenvalue weighted by atomic mass is 10.0. The summed E-state index contributed by atoms with van der Waals surface area (Å²) in [5.74, 6) is 0. The molecule has 0 unspecified atom stereocenters. The standard InChI is InChI=1S/C36H22BrNS/c37-31-10-6-12-35-36(31)30-22-26(16-20-34(30)39-35)25-15-19-33-29(21-25)28-9-4-5-11-32(28)38(33)27-17-13-24(14-18-27)23-7-2-1-3-8-23/h1-22H. The molecule has 0 amide bonds. The second kappa shape index (κ2) is 8.94. The summed E-state index contributed by atoms with van der Waals surface area (Å²) in [6.07, 6.45) is 0. The SMILES string of the molecule is Brc1cccc2sc3ccc(-c4ccc5c(c4)c4ccccc4n5-c4ccc(-c5ccccc5)cc4)cc3c12. The van der Waals surface area contributed by atoms with Crippen molar-refractivity contribution >= 4 is 69.2 Å². The van der Waals surface area contributed by atoms with Gasteiger partial charge in [-0.3, -0.25) is 0 Å². The van der Waals surface area contributed by atoms with Crippen LogP contribution in [0.2, 0.25) is 0 Å². The molecule has 0 radical (unpaired) electrons. The Kier molecular flexibility index (Phi) is 5.22. The Morgan fingerprint density at radius 2 is 1.13 bits per heavy atom. The molecule has 2 heterocycles. The molecule has 1 nitrogen and oxygen atoms in total. The number of rotatable bonds is 3. The average molecular weight is 581 g/mol. The van der Waals surface area contributed by atoms with Gasteiger partial charge in [-0.1, -0.05) is 94.8 Å². The maximum atomic E-state index is 3.78. The van der Waals surface area contributed by atoms with Crippen LogP contribution in [-0.4, -0.2) is 4.57 Å². The van der Waals surface area contributed by atoms with Gasteiger partial charge in [-0.05, 0) is 76.9 Å². The minimum atomic E-state index is 1.15. The Morgan fingerprint density at radius 3 is 1.97 bits per heavy atom. The molecular weight excluding hydrogens is 558 g/mol. The number of benzene rings is 6. The van der Waals surface area contributed by atoms with Crippen LogP contribution in [0.4, 0.5) is 0 Å². The van der Waals surface area contributed by atoms with Gasteiger partial charge in [-0.2, -0.15) is 0 Å². The van der Waals surface area contributed by atoms with Crippen LogP contribution in [0.25, 0.3) is 69.9 Å². The van der Waals surface area contributed by atoms with Crippen molar-refractivity contribution in [3.05, 3.63) is 138 Å². The second-order valence-corrected chi connectivity index (χ2v) is 11.9. The van der Waals surface area contributed by atoms with Crippen LogP contribution in [0.5, 0.6) is 0 Å². The van der Waals surface area contributed by atoms with Crippen LogP contribution in [0.1, 0.15) is 0 Å². The number of aromatic nitrogens is 1. The number of halogens is 1. The number of hydrogen-bond donors (Lipinski definition) is 0. The Labute approximate surface area is 238 Å². The fourth-order valence-electron chi connectivity index (χ4n) is 5.83. The van der Waals surface area contributed by atoms with Crippen LogP contribution in [-0.2, 0) is 0 Å². The molecule has 0 aliphatic carbocycles. The zero-order valence-corrected chi connectivity index (χ0v) is 23.3. The van der Waals surface area contributed by atoms with Crippen molar-refractivity contribution in [3.63, 3.8) is 0 Å². The van der Waals surface area contributed by atoms with E-state index in [0.29, 0.717) is 0 Å². The Hall–Kier alpha value is -4.18. The largest absolute Gasteiger partial charge is 0.309 e. The van der Waals surface area contributed by atoms with Crippen molar-refractivity contribution in [1.82, 2.24) is 4.57 Å². The molecule has 6 aromatic carbocycles. The molecule has 0 aliphatic heterocycles. The molecule has 3 heteroatoms. The third kappa shape index (κ3) is 3.65. The predicted octanol–water partition coefficient (Wildman–Crippen LogP) is 11.2. The number of fused-ring (bicyclic) bond motifs is 6. The average Bonchev–Trinajstić information content (AvgIpc) is 3.53. The Balaban J connectivity index is 1.29. The number of hydrogen-bond acceptors (Lipinski definition) is 1. The molecule has 0 spiro atoms. The summed E-state index contributed by atoms with van der Waals surface area (Å²) < 4.78 is 6.17. The summed E-state index contributed by atoms with van der Waals surface area (Å²) in [6, 6.07) is 48.4. The first-order valence-corrected chi connectivity index (χ1v) is 14.7. The highest BCUT2D eigenvalue weighted by Crippen LogP contribution is 2.41. The molecule has 0 saturated carbocycles. The summed E-state index contributed by atoms with van der Waals surface area (Å²) in [7, 11) is 0. The molecule has 8 aromatic rings. The second-order valence-electron chi connectivity index (χ2n) is 9.92. The lowest BCUT2D eigenvalue weighted by Crippen LogP contribution is -1.93. The molecule has 0 saturated heterocycles. The first kappa shape index (κ1) is 22.8. The van der Waals surface area contributed by atoms with Crippen molar-refractivity contribution in [3.8, 4) is 27.9 Å². The molecule has 0 N–H and O–H groups in total. The van der Waals surface area contributed by atoms with E-state index in [1.54, 1.807) is 0 Å². The van der Waals surface area contributed by atoms with E-state index in [1.807, 2.05) is 11.3 Å². The van der Waals surface area contributed by atoms with Gasteiger partial charge in [0.05, 0.1) is 11.0 Å². The maximum absolute atomic E-state index is 3.78. The molecule has 0 bridgehead atoms. The predicted molar refractivity (Wildman–Crippen MR) is 172 cm³/mol. The van der Waals surface area contributed by atoms with Crippen molar-refractivity contribution in [2.24, 2.45) is 0 Å². The van der Waals surface area contributed by atoms with Gasteiger partial charge in [0.15, 0.2) is 0 Å². The first-order chi connectivity index (χ1) is 19.2. The zero-order chi connectivity index (χ0) is 25.9. The number of nitrogens with zero attached hydrogens (tertiary/aromatic N) is 1. The highest BCUT2D eigenvalue weighted by molar-refractivity contribution is 9.10. The van der Waals surface area contributed by atoms with E-state index in [9.17, 15) is 0 Å². The third-order valence-corrected chi connectivity index (χ3v) is 9.48. The van der Waals surface area contributed by atoms with Crippen molar-refractivity contribution in [2.75, 3.05) is 0 Å². The lowest BCUT2D eigenvalue weighted by molar-refractivity contribution is 1.18. The molecule has 2 aromatic heterocycles. The first-order valence-electron chi connectivity index (χ1n) is 13.0. The van der Waals surface area contributed by atoms with Gasteiger partial charge >= 0.3 is 0 Å². The van der Waals surface area contributed by atoms with Crippen LogP contribution in [0, 0.1) is 0 Å². The Morgan fingerprint density at radius 1 is 0.462 bits per heavy atom. The number of thiophene rings is 1. The van der Waals surface area contributed by atoms with Crippen LogP contribution < -0.4 is 0 Å². The highest BCUT2D eigenvalue weighted by Gasteiger charge is 2.14. The molecule has 0 aliphatic rings. The quantitative estimate of drug-likeness (QED) is 0.196. The molecule has 8 rings (SSSR count). The van der Waals surface area contributed by atoms with Gasteiger partial charge in [0.2, 0.25) is 0 Å². The van der Waals surface area contributed by atoms with Gasteiger partial charge in [-0.25, -0.2) is 0 Å². The highest BCUT2D eigenvalue weighted by atomic mass is 79.9. The van der Waals surface area contributed by atoms with Gasteiger partial charge in [0, 0.05) is 41.1 Å². The monoisotopic (exact) mass is 579 g/mol. The molecule has 184 valence electrons. The molecule has 39 heavy (non-hydrogen) atoms. The van der Waals surface area contributed by atoms with E-state index in [-0.39, 0.29) is 0 Å². The maximum Gasteiger partial charge on any atom is 0.0541 e. The third-order valence-electron chi connectivity index (χ3n) is 7.68. The summed E-state index contributed by atoms with van der Waals surface area (Å²) in [5.41, 5.74) is 8.55. The Bertz CT molecular complexity index is 2170. The fraction of sp³-hybridized carbons (Fsp3) is 0. The van der Waals surface area contributed by atoms with Crippen molar-refractivity contribution < 1.29 is 0 Å². The van der Waals surface area contributed by atoms with E-state index in [1.165, 1.54) is 69.9 Å². The van der Waals surface area contributed by atoms with E-state index >= 15 is 0 Å². The minimum Gasteiger partial charge on any atom is -0.309 e. The van der Waals surface area contributed by atoms with E-state index in [0.717, 1.165) is 4.47 Å². The minimum absolute atomic E-state index is 1.15. The van der Waals surface area contributed by atoms with Crippen LogP contribution in [0.15, 0.2) is 138 Å². The van der Waals surface area contributed by atoms with E-state index < -0.39 is 0 Å². The van der Waals surface area contributed by atoms with Crippen molar-refractivity contribution in [1.29, 1.82) is 0 Å². The smallest absolute Gasteiger partial charge is 0.0541 e. The summed E-state index contributed by atoms with van der Waals surface area (Å²) in [6.45, 7) is 0. The van der Waals surface area contributed by atoms with Gasteiger partial charge in [0.1, 0.15) is 0 Å². The van der Waals surface area contributed by atoms with Gasteiger partial charge in [0.25, 0.3) is 0 Å². The summed E-state index contributed by atoms with van der Waals surface area (Å²) in [4.78, 5) is 0. The van der Waals surface area contributed by atoms with E-state index in [2.05, 4.69) is 154 Å². The summed E-state index contributed by atoms with van der Waals surface area (Å²) in [5, 5.41) is 5.15. The van der Waals surface area contributed by atoms with Gasteiger partial charge < -0.3 is 4.57 Å². The molecular formula is C36H22BrNS. The molecule has 0 fully saturated rings. The van der Waals surface area contributed by atoms with E-state index in [4.69, 9.17) is 0 Å². The topological polar surface area (TPSA) is 4.93 Å².